The number of aryl methyl sites for hydroxylation is 1. The van der Waals surface area contributed by atoms with Crippen LogP contribution in [-0.2, 0) is 0 Å². The molecule has 140 valence electrons. The Morgan fingerprint density at radius 1 is 1.11 bits per heavy atom. The van der Waals surface area contributed by atoms with Crippen molar-refractivity contribution < 1.29 is 4.39 Å². The normalized spacial score (nSPS) is 19.7. The monoisotopic (exact) mass is 366 g/mol. The fraction of sp³-hybridized carbons (Fsp3) is 0.300. The topological polar surface area (TPSA) is 69.2 Å². The maximum absolute atomic E-state index is 13.6. The Morgan fingerprint density at radius 2 is 1.85 bits per heavy atom. The molecule has 2 aliphatic heterocycles. The van der Waals surface area contributed by atoms with Crippen LogP contribution in [0.4, 0.5) is 15.8 Å². The van der Waals surface area contributed by atoms with Gasteiger partial charge in [0.2, 0.25) is 18.2 Å². The Bertz CT molecular complexity index is 870. The van der Waals surface area contributed by atoms with Crippen molar-refractivity contribution in [1.29, 1.82) is 0 Å². The van der Waals surface area contributed by atoms with Gasteiger partial charge in [0.25, 0.3) is 0 Å². The summed E-state index contributed by atoms with van der Waals surface area (Å²) >= 11 is 0. The highest BCUT2D eigenvalue weighted by atomic mass is 19.1. The van der Waals surface area contributed by atoms with Gasteiger partial charge in [-0.2, -0.15) is 4.99 Å². The number of hydrogen-bond donors (Lipinski definition) is 2. The smallest absolute Gasteiger partial charge is 0.222 e. The molecule has 27 heavy (non-hydrogen) atoms. The van der Waals surface area contributed by atoms with E-state index in [-0.39, 0.29) is 11.8 Å². The average Bonchev–Trinajstić information content (AvgIpc) is 3.17. The van der Waals surface area contributed by atoms with Crippen molar-refractivity contribution in [3.8, 4) is 0 Å². The van der Waals surface area contributed by atoms with Gasteiger partial charge in [-0.3, -0.25) is 4.90 Å². The average molecular weight is 366 g/mol. The van der Waals surface area contributed by atoms with E-state index >= 15 is 0 Å². The number of hydrogen-bond acceptors (Lipinski definition) is 6. The third kappa shape index (κ3) is 3.72. The molecule has 7 heteroatoms. The van der Waals surface area contributed by atoms with Crippen LogP contribution in [0.1, 0.15) is 18.4 Å². The van der Waals surface area contributed by atoms with Crippen molar-refractivity contribution in [1.82, 2.24) is 4.90 Å². The molecular weight excluding hydrogens is 343 g/mol. The second-order valence-electron chi connectivity index (χ2n) is 6.83. The van der Waals surface area contributed by atoms with Crippen molar-refractivity contribution in [2.45, 2.75) is 26.1 Å². The number of rotatable bonds is 3. The minimum atomic E-state index is -0.511. The summed E-state index contributed by atoms with van der Waals surface area (Å²) < 4.78 is 13.6. The van der Waals surface area contributed by atoms with E-state index in [9.17, 15) is 4.39 Å². The summed E-state index contributed by atoms with van der Waals surface area (Å²) in [6.45, 7) is 3.91. The second kappa shape index (κ2) is 7.26. The van der Waals surface area contributed by atoms with Crippen molar-refractivity contribution in [3.05, 3.63) is 59.9 Å². The molecule has 0 bridgehead atoms. The molecule has 6 nitrogen and oxygen atoms in total. The largest absolute Gasteiger partial charge is 0.368 e. The first-order chi connectivity index (χ1) is 13.1. The van der Waals surface area contributed by atoms with Crippen LogP contribution in [0, 0.1) is 12.7 Å². The molecule has 3 N–H and O–H groups in total. The number of benzene rings is 2. The molecule has 4 rings (SSSR count). The molecule has 2 aromatic carbocycles. The molecule has 2 heterocycles. The summed E-state index contributed by atoms with van der Waals surface area (Å²) in [5, 5.41) is 3.28. The van der Waals surface area contributed by atoms with E-state index in [4.69, 9.17) is 5.73 Å². The lowest BCUT2D eigenvalue weighted by Gasteiger charge is -2.38. The van der Waals surface area contributed by atoms with Gasteiger partial charge in [-0.15, -0.1) is 0 Å². The van der Waals surface area contributed by atoms with Crippen molar-refractivity contribution in [2.24, 2.45) is 15.7 Å². The minimum Gasteiger partial charge on any atom is -0.368 e. The predicted octanol–water partition coefficient (Wildman–Crippen LogP) is 3.12. The lowest BCUT2D eigenvalue weighted by Crippen LogP contribution is -2.54. The summed E-state index contributed by atoms with van der Waals surface area (Å²) in [5.74, 6) is 0.690. The molecule has 0 saturated carbocycles. The number of anilines is 2. The fourth-order valence-electron chi connectivity index (χ4n) is 3.40. The third-order valence-electron chi connectivity index (χ3n) is 4.75. The maximum Gasteiger partial charge on any atom is 0.222 e. The van der Waals surface area contributed by atoms with Gasteiger partial charge in [0.15, 0.2) is 0 Å². The number of aliphatic imine (C=N–C) groups is 2. The van der Waals surface area contributed by atoms with Crippen LogP contribution in [0.2, 0.25) is 0 Å². The number of nitrogens with two attached hydrogens (primary N) is 1. The van der Waals surface area contributed by atoms with Crippen LogP contribution < -0.4 is 16.0 Å². The number of guanidine groups is 2. The van der Waals surface area contributed by atoms with Crippen LogP contribution >= 0.6 is 0 Å². The van der Waals surface area contributed by atoms with Crippen LogP contribution in [0.25, 0.3) is 0 Å². The Hall–Kier alpha value is -3.09. The van der Waals surface area contributed by atoms with Gasteiger partial charge >= 0.3 is 0 Å². The van der Waals surface area contributed by atoms with Crippen LogP contribution in [-0.4, -0.2) is 36.2 Å². The predicted molar refractivity (Wildman–Crippen MR) is 107 cm³/mol. The highest BCUT2D eigenvalue weighted by Gasteiger charge is 2.32. The summed E-state index contributed by atoms with van der Waals surface area (Å²) in [4.78, 5) is 13.3. The number of nitrogens with one attached hydrogen (secondary N) is 1. The van der Waals surface area contributed by atoms with E-state index in [1.54, 1.807) is 6.07 Å². The van der Waals surface area contributed by atoms with Gasteiger partial charge < -0.3 is 16.0 Å². The van der Waals surface area contributed by atoms with E-state index < -0.39 is 6.29 Å². The Morgan fingerprint density at radius 3 is 2.56 bits per heavy atom. The van der Waals surface area contributed by atoms with Crippen LogP contribution in [0.3, 0.4) is 0 Å². The van der Waals surface area contributed by atoms with E-state index in [0.29, 0.717) is 5.69 Å². The van der Waals surface area contributed by atoms with Crippen molar-refractivity contribution in [2.75, 3.05) is 23.3 Å². The van der Waals surface area contributed by atoms with Crippen molar-refractivity contribution in [3.63, 3.8) is 0 Å². The molecule has 0 radical (unpaired) electrons. The van der Waals surface area contributed by atoms with E-state index in [0.717, 1.165) is 37.6 Å². The molecule has 1 fully saturated rings. The van der Waals surface area contributed by atoms with Gasteiger partial charge in [-0.25, -0.2) is 9.38 Å². The zero-order valence-corrected chi connectivity index (χ0v) is 15.3. The minimum absolute atomic E-state index is 0.217. The first-order valence-electron chi connectivity index (χ1n) is 9.15. The molecular formula is C20H23FN6. The molecule has 1 saturated heterocycles. The second-order valence-corrected chi connectivity index (χ2v) is 6.83. The van der Waals surface area contributed by atoms with E-state index in [1.165, 1.54) is 17.7 Å². The lowest BCUT2D eigenvalue weighted by atomic mass is 10.2. The van der Waals surface area contributed by atoms with Gasteiger partial charge in [-0.05, 0) is 50.1 Å². The van der Waals surface area contributed by atoms with Crippen LogP contribution in [0.15, 0.2) is 58.5 Å². The molecule has 2 aliphatic rings. The quantitative estimate of drug-likeness (QED) is 0.876. The van der Waals surface area contributed by atoms with Gasteiger partial charge in [-0.1, -0.05) is 23.8 Å². The maximum atomic E-state index is 13.6. The highest BCUT2D eigenvalue weighted by molar-refractivity contribution is 6.06. The van der Waals surface area contributed by atoms with Crippen LogP contribution in [0.5, 0.6) is 0 Å². The first-order valence-corrected chi connectivity index (χ1v) is 9.15. The molecule has 0 aromatic heterocycles. The van der Waals surface area contributed by atoms with E-state index in [2.05, 4.69) is 32.3 Å². The van der Waals surface area contributed by atoms with E-state index in [1.807, 2.05) is 30.0 Å². The highest BCUT2D eigenvalue weighted by Crippen LogP contribution is 2.26. The molecule has 0 spiro atoms. The summed E-state index contributed by atoms with van der Waals surface area (Å²) in [5.41, 5.74) is 8.79. The molecule has 0 aliphatic carbocycles. The molecule has 1 unspecified atom stereocenters. The summed E-state index contributed by atoms with van der Waals surface area (Å²) in [6.07, 6.45) is 1.74. The van der Waals surface area contributed by atoms with Gasteiger partial charge in [0.1, 0.15) is 5.82 Å². The zero-order chi connectivity index (χ0) is 18.8. The molecule has 2 aromatic rings. The molecule has 0 amide bonds. The Labute approximate surface area is 158 Å². The fourth-order valence-corrected chi connectivity index (χ4v) is 3.40. The Kier molecular flexibility index (Phi) is 4.66. The molecule has 1 atom stereocenters. The Balaban J connectivity index is 1.72. The van der Waals surface area contributed by atoms with Gasteiger partial charge in [0, 0.05) is 24.5 Å². The summed E-state index contributed by atoms with van der Waals surface area (Å²) in [7, 11) is 0. The first kappa shape index (κ1) is 17.3. The number of halogens is 1. The number of likely N-dealkylation sites (tertiary alicyclic amines) is 1. The van der Waals surface area contributed by atoms with Crippen molar-refractivity contribution >= 4 is 23.3 Å². The zero-order valence-electron chi connectivity index (χ0n) is 15.3. The standard InChI is InChI=1S/C20H23FN6/c1-14-7-9-17(10-8-14)27-19(23-16-6-4-5-15(21)13-16)24-18(22)25-20(27)26-11-2-3-12-26/h4-10,13,19,23H,2-3,11-12H2,1H3,(H2,22,24). The summed E-state index contributed by atoms with van der Waals surface area (Å²) in [6, 6.07) is 14.5. The number of nitrogens with zero attached hydrogens (tertiary/aromatic N) is 4. The lowest BCUT2D eigenvalue weighted by molar-refractivity contribution is 0.497. The SMILES string of the molecule is Cc1ccc(N2C(N3CCCC3)=NC(N)=NC2Nc2cccc(F)c2)cc1. The third-order valence-corrected chi connectivity index (χ3v) is 4.75. The van der Waals surface area contributed by atoms with Gasteiger partial charge in [0.05, 0.1) is 0 Å².